The Balaban J connectivity index is 2.24. The van der Waals surface area contributed by atoms with Crippen LogP contribution in [0.1, 0.15) is 6.42 Å². The minimum Gasteiger partial charge on any atom is -0.330 e. The van der Waals surface area contributed by atoms with Gasteiger partial charge in [0.1, 0.15) is 10.4 Å². The molecule has 1 saturated heterocycles. The van der Waals surface area contributed by atoms with Crippen LogP contribution in [0.2, 0.25) is 5.02 Å². The number of nitrogens with two attached hydrogens (primary N) is 1. The number of carbonyl (C=O) groups is 1. The number of amides is 1. The molecule has 1 amide bonds. The molecule has 1 aliphatic heterocycles. The fraction of sp³-hybridized carbons (Fsp3) is 0.400. The highest BCUT2D eigenvalue weighted by molar-refractivity contribution is 9.10. The van der Waals surface area contributed by atoms with E-state index < -0.39 is 0 Å². The number of carbonyl (C=O) groups excluding carboxylic acids is 1. The Hall–Kier alpha value is -0.650. The van der Waals surface area contributed by atoms with Crippen LogP contribution in [0, 0.1) is 5.92 Å². The maximum Gasteiger partial charge on any atom is 0.228 e. The molecule has 1 aromatic rings. The van der Waals surface area contributed by atoms with E-state index in [0.717, 1.165) is 0 Å². The van der Waals surface area contributed by atoms with Gasteiger partial charge in [-0.15, -0.1) is 0 Å². The summed E-state index contributed by atoms with van der Waals surface area (Å²) in [4.78, 5) is 17.6. The summed E-state index contributed by atoms with van der Waals surface area (Å²) in [5, 5.41) is 0.533. The first kappa shape index (κ1) is 11.8. The summed E-state index contributed by atoms with van der Waals surface area (Å²) in [6.07, 6.45) is 0.498. The first-order chi connectivity index (χ1) is 7.61. The zero-order chi connectivity index (χ0) is 11.7. The third-order valence-corrected chi connectivity index (χ3v) is 3.74. The van der Waals surface area contributed by atoms with E-state index in [-0.39, 0.29) is 11.8 Å². The SMILES string of the molecule is NCC1CC(=O)N(c2ccc(Cl)c(Br)n2)C1. The zero-order valence-corrected chi connectivity index (χ0v) is 10.8. The van der Waals surface area contributed by atoms with Crippen molar-refractivity contribution < 1.29 is 4.79 Å². The molecule has 16 heavy (non-hydrogen) atoms. The Bertz CT molecular complexity index is 427. The van der Waals surface area contributed by atoms with E-state index in [4.69, 9.17) is 17.3 Å². The minimum atomic E-state index is 0.0668. The average Bonchev–Trinajstić information content (AvgIpc) is 2.64. The summed E-state index contributed by atoms with van der Waals surface area (Å²) >= 11 is 9.09. The van der Waals surface area contributed by atoms with Crippen molar-refractivity contribution in [3.05, 3.63) is 21.8 Å². The predicted molar refractivity (Wildman–Crippen MR) is 66.5 cm³/mol. The van der Waals surface area contributed by atoms with Crippen molar-refractivity contribution in [2.45, 2.75) is 6.42 Å². The maximum absolute atomic E-state index is 11.7. The molecule has 0 bridgehead atoms. The van der Waals surface area contributed by atoms with Gasteiger partial charge in [0.05, 0.1) is 5.02 Å². The van der Waals surface area contributed by atoms with Crippen molar-refractivity contribution in [3.63, 3.8) is 0 Å². The second-order valence-corrected chi connectivity index (χ2v) is 4.91. The molecule has 86 valence electrons. The molecule has 0 radical (unpaired) electrons. The lowest BCUT2D eigenvalue weighted by Crippen LogP contribution is -2.26. The van der Waals surface area contributed by atoms with E-state index in [9.17, 15) is 4.79 Å². The minimum absolute atomic E-state index is 0.0668. The van der Waals surface area contributed by atoms with E-state index in [2.05, 4.69) is 20.9 Å². The van der Waals surface area contributed by atoms with Gasteiger partial charge in [0.15, 0.2) is 0 Å². The Morgan fingerprint density at radius 3 is 2.94 bits per heavy atom. The molecule has 2 N–H and O–H groups in total. The van der Waals surface area contributed by atoms with Crippen LogP contribution < -0.4 is 10.6 Å². The largest absolute Gasteiger partial charge is 0.330 e. The monoisotopic (exact) mass is 303 g/mol. The number of anilines is 1. The topological polar surface area (TPSA) is 59.2 Å². The molecule has 1 aliphatic rings. The van der Waals surface area contributed by atoms with Crippen LogP contribution in [0.3, 0.4) is 0 Å². The van der Waals surface area contributed by atoms with E-state index >= 15 is 0 Å². The standard InChI is InChI=1S/C10H11BrClN3O/c11-10-7(12)1-2-8(14-10)15-5-6(4-13)3-9(15)16/h1-2,6H,3-5,13H2. The van der Waals surface area contributed by atoms with Gasteiger partial charge in [-0.3, -0.25) is 9.69 Å². The molecular weight excluding hydrogens is 293 g/mol. The second-order valence-electron chi connectivity index (χ2n) is 3.75. The molecule has 0 spiro atoms. The highest BCUT2D eigenvalue weighted by Gasteiger charge is 2.30. The molecular formula is C10H11BrClN3O. The fourth-order valence-corrected chi connectivity index (χ4v) is 2.14. The van der Waals surface area contributed by atoms with Gasteiger partial charge in [0.25, 0.3) is 0 Å². The van der Waals surface area contributed by atoms with Crippen molar-refractivity contribution >= 4 is 39.3 Å². The molecule has 1 atom stereocenters. The van der Waals surface area contributed by atoms with Gasteiger partial charge in [-0.05, 0) is 40.5 Å². The van der Waals surface area contributed by atoms with E-state index in [1.807, 2.05) is 0 Å². The zero-order valence-electron chi connectivity index (χ0n) is 8.49. The quantitative estimate of drug-likeness (QED) is 0.848. The Morgan fingerprint density at radius 2 is 2.38 bits per heavy atom. The van der Waals surface area contributed by atoms with Crippen molar-refractivity contribution in [2.24, 2.45) is 11.7 Å². The van der Waals surface area contributed by atoms with Crippen LogP contribution in [0.5, 0.6) is 0 Å². The smallest absolute Gasteiger partial charge is 0.228 e. The highest BCUT2D eigenvalue weighted by Crippen LogP contribution is 2.27. The average molecular weight is 305 g/mol. The first-order valence-electron chi connectivity index (χ1n) is 4.94. The van der Waals surface area contributed by atoms with Gasteiger partial charge in [0, 0.05) is 13.0 Å². The number of hydrogen-bond donors (Lipinski definition) is 1. The fourth-order valence-electron chi connectivity index (χ4n) is 1.72. The van der Waals surface area contributed by atoms with E-state index in [0.29, 0.717) is 35.0 Å². The summed E-state index contributed by atoms with van der Waals surface area (Å²) < 4.78 is 0.552. The molecule has 0 aliphatic carbocycles. The summed E-state index contributed by atoms with van der Waals surface area (Å²) in [6, 6.07) is 3.46. The number of aromatic nitrogens is 1. The molecule has 6 heteroatoms. The number of hydrogen-bond acceptors (Lipinski definition) is 3. The molecule has 1 fully saturated rings. The summed E-state index contributed by atoms with van der Waals surface area (Å²) in [7, 11) is 0. The number of rotatable bonds is 2. The van der Waals surface area contributed by atoms with E-state index in [1.165, 1.54) is 0 Å². The van der Waals surface area contributed by atoms with Gasteiger partial charge in [0.2, 0.25) is 5.91 Å². The van der Waals surface area contributed by atoms with Crippen molar-refractivity contribution in [2.75, 3.05) is 18.0 Å². The summed E-state index contributed by atoms with van der Waals surface area (Å²) in [6.45, 7) is 1.16. The van der Waals surface area contributed by atoms with Gasteiger partial charge in [-0.25, -0.2) is 4.98 Å². The van der Waals surface area contributed by atoms with Crippen molar-refractivity contribution in [3.8, 4) is 0 Å². The Labute approximate surface area is 107 Å². The third kappa shape index (κ3) is 2.21. The van der Waals surface area contributed by atoms with Gasteiger partial charge in [-0.2, -0.15) is 0 Å². The van der Waals surface area contributed by atoms with Gasteiger partial charge in [-0.1, -0.05) is 11.6 Å². The van der Waals surface area contributed by atoms with Crippen LogP contribution in [-0.4, -0.2) is 24.0 Å². The van der Waals surface area contributed by atoms with Gasteiger partial charge >= 0.3 is 0 Å². The van der Waals surface area contributed by atoms with Crippen LogP contribution >= 0.6 is 27.5 Å². The lowest BCUT2D eigenvalue weighted by Gasteiger charge is -2.15. The van der Waals surface area contributed by atoms with E-state index in [1.54, 1.807) is 17.0 Å². The number of halogens is 2. The van der Waals surface area contributed by atoms with Gasteiger partial charge < -0.3 is 5.73 Å². The summed E-state index contributed by atoms with van der Waals surface area (Å²) in [5.74, 6) is 0.915. The predicted octanol–water partition coefficient (Wildman–Crippen LogP) is 1.81. The molecule has 0 saturated carbocycles. The van der Waals surface area contributed by atoms with Crippen molar-refractivity contribution in [1.82, 2.24) is 4.98 Å². The Kier molecular flexibility index (Phi) is 3.47. The highest BCUT2D eigenvalue weighted by atomic mass is 79.9. The van der Waals surface area contributed by atoms with Crippen LogP contribution in [-0.2, 0) is 4.79 Å². The first-order valence-corrected chi connectivity index (χ1v) is 6.11. The molecule has 1 aromatic heterocycles. The number of pyridine rings is 1. The van der Waals surface area contributed by atoms with Crippen LogP contribution in [0.4, 0.5) is 5.82 Å². The lowest BCUT2D eigenvalue weighted by atomic mass is 10.1. The number of nitrogens with zero attached hydrogens (tertiary/aromatic N) is 2. The molecule has 1 unspecified atom stereocenters. The molecule has 4 nitrogen and oxygen atoms in total. The molecule has 2 heterocycles. The Morgan fingerprint density at radius 1 is 1.62 bits per heavy atom. The molecule has 2 rings (SSSR count). The van der Waals surface area contributed by atoms with Crippen molar-refractivity contribution in [1.29, 1.82) is 0 Å². The molecule has 0 aromatic carbocycles. The maximum atomic E-state index is 11.7. The summed E-state index contributed by atoms with van der Waals surface area (Å²) in [5.41, 5.74) is 5.56. The third-order valence-electron chi connectivity index (χ3n) is 2.60. The van der Waals surface area contributed by atoms with Crippen LogP contribution in [0.25, 0.3) is 0 Å². The second kappa shape index (κ2) is 4.69. The van der Waals surface area contributed by atoms with Crippen LogP contribution in [0.15, 0.2) is 16.7 Å². The lowest BCUT2D eigenvalue weighted by molar-refractivity contribution is -0.117. The normalized spacial score (nSPS) is 20.6.